The molecule has 0 saturated carbocycles. The molecule has 0 aromatic heterocycles. The lowest BCUT2D eigenvalue weighted by atomic mass is 9.97. The van der Waals surface area contributed by atoms with Crippen molar-refractivity contribution in [3.8, 4) is 0 Å². The summed E-state index contributed by atoms with van der Waals surface area (Å²) in [5, 5.41) is 0. The molecule has 4 nitrogen and oxygen atoms in total. The van der Waals surface area contributed by atoms with Crippen LogP contribution in [0.1, 0.15) is 32.3 Å². The molecule has 19 heavy (non-hydrogen) atoms. The molecule has 2 unspecified atom stereocenters. The predicted molar refractivity (Wildman–Crippen MR) is 73.3 cm³/mol. The van der Waals surface area contributed by atoms with Crippen molar-refractivity contribution in [1.82, 2.24) is 0 Å². The third-order valence-corrected chi connectivity index (χ3v) is 2.74. The van der Waals surface area contributed by atoms with Gasteiger partial charge in [-0.3, -0.25) is 15.3 Å². The Labute approximate surface area is 113 Å². The molecule has 0 saturated heterocycles. The Kier molecular flexibility index (Phi) is 6.22. The Hall–Kier alpha value is -1.68. The van der Waals surface area contributed by atoms with Gasteiger partial charge in [0.15, 0.2) is 6.23 Å². The van der Waals surface area contributed by atoms with E-state index < -0.39 is 12.2 Å². The van der Waals surface area contributed by atoms with E-state index in [1.54, 1.807) is 0 Å². The van der Waals surface area contributed by atoms with E-state index in [4.69, 9.17) is 10.5 Å². The highest BCUT2D eigenvalue weighted by Crippen LogP contribution is 2.13. The molecule has 104 valence electrons. The lowest BCUT2D eigenvalue weighted by Crippen LogP contribution is -2.30. The maximum atomic E-state index is 11.3. The molecule has 4 heteroatoms. The molecule has 2 N–H and O–H groups in total. The fourth-order valence-corrected chi connectivity index (χ4v) is 1.96. The summed E-state index contributed by atoms with van der Waals surface area (Å²) in [4.78, 5) is 22.0. The Morgan fingerprint density at radius 1 is 1.26 bits per heavy atom. The number of hydrogen-bond donors (Lipinski definition) is 1. The average Bonchev–Trinajstić information content (AvgIpc) is 2.28. The molecular formula is C15H21NO3. The summed E-state index contributed by atoms with van der Waals surface area (Å²) >= 11 is 0. The Morgan fingerprint density at radius 2 is 1.89 bits per heavy atom. The summed E-state index contributed by atoms with van der Waals surface area (Å²) in [6.07, 6.45) is 0.614. The molecule has 0 amide bonds. The molecule has 2 atom stereocenters. The maximum absolute atomic E-state index is 11.3. The summed E-state index contributed by atoms with van der Waals surface area (Å²) in [5.41, 5.74) is 6.98. The summed E-state index contributed by atoms with van der Waals surface area (Å²) in [7, 11) is 0. The van der Waals surface area contributed by atoms with E-state index >= 15 is 0 Å². The number of benzene rings is 1. The molecule has 1 aromatic carbocycles. The van der Waals surface area contributed by atoms with Crippen LogP contribution in [0.5, 0.6) is 0 Å². The van der Waals surface area contributed by atoms with Gasteiger partial charge >= 0.3 is 5.97 Å². The van der Waals surface area contributed by atoms with Gasteiger partial charge in [-0.25, -0.2) is 0 Å². The number of ketones is 1. The second-order valence-electron chi connectivity index (χ2n) is 4.94. The quantitative estimate of drug-likeness (QED) is 0.464. The fraction of sp³-hybridized carbons (Fsp3) is 0.467. The molecule has 0 spiro atoms. The van der Waals surface area contributed by atoms with Crippen LogP contribution in [0, 0.1) is 5.92 Å². The third kappa shape index (κ3) is 6.72. The first kappa shape index (κ1) is 15.4. The minimum Gasteiger partial charge on any atom is -0.446 e. The molecule has 0 bridgehead atoms. The van der Waals surface area contributed by atoms with Crippen molar-refractivity contribution in [3.05, 3.63) is 35.9 Å². The standard InChI is InChI=1S/C15H21NO3/c1-11(8-13-6-4-3-5-7-13)9-14(16)19-15(18)10-12(2)17/h3-7,11,14H,8-10,16H2,1-2H3. The first-order valence-corrected chi connectivity index (χ1v) is 6.45. The van der Waals surface area contributed by atoms with Gasteiger partial charge in [-0.1, -0.05) is 37.3 Å². The molecule has 1 aromatic rings. The van der Waals surface area contributed by atoms with Crippen LogP contribution in [0.3, 0.4) is 0 Å². The van der Waals surface area contributed by atoms with Crippen LogP contribution in [-0.2, 0) is 20.7 Å². The molecule has 0 aliphatic carbocycles. The highest BCUT2D eigenvalue weighted by atomic mass is 16.6. The van der Waals surface area contributed by atoms with Crippen molar-refractivity contribution < 1.29 is 14.3 Å². The zero-order chi connectivity index (χ0) is 14.3. The summed E-state index contributed by atoms with van der Waals surface area (Å²) in [6, 6.07) is 10.1. The summed E-state index contributed by atoms with van der Waals surface area (Å²) in [6.45, 7) is 3.41. The van der Waals surface area contributed by atoms with Crippen LogP contribution >= 0.6 is 0 Å². The highest BCUT2D eigenvalue weighted by molar-refractivity contribution is 5.94. The highest BCUT2D eigenvalue weighted by Gasteiger charge is 2.15. The first-order valence-electron chi connectivity index (χ1n) is 6.45. The van der Waals surface area contributed by atoms with Crippen molar-refractivity contribution >= 4 is 11.8 Å². The molecular weight excluding hydrogens is 242 g/mol. The molecule has 0 heterocycles. The number of Topliss-reactive ketones (excluding diaryl/α,β-unsaturated/α-hetero) is 1. The predicted octanol–water partition coefficient (Wildman–Crippen LogP) is 2.06. The molecule has 0 aliphatic rings. The van der Waals surface area contributed by atoms with E-state index in [0.717, 1.165) is 6.42 Å². The number of esters is 1. The van der Waals surface area contributed by atoms with E-state index in [9.17, 15) is 9.59 Å². The number of carbonyl (C=O) groups excluding carboxylic acids is 2. The number of carbonyl (C=O) groups is 2. The molecule has 0 aliphatic heterocycles. The van der Waals surface area contributed by atoms with Gasteiger partial charge in [-0.05, 0) is 24.8 Å². The van der Waals surface area contributed by atoms with Gasteiger partial charge in [0, 0.05) is 6.42 Å². The van der Waals surface area contributed by atoms with E-state index in [1.165, 1.54) is 12.5 Å². The number of ether oxygens (including phenoxy) is 1. The van der Waals surface area contributed by atoms with Crippen molar-refractivity contribution in [1.29, 1.82) is 0 Å². The average molecular weight is 263 g/mol. The second kappa shape index (κ2) is 7.69. The van der Waals surface area contributed by atoms with Gasteiger partial charge in [-0.15, -0.1) is 0 Å². The Bertz CT molecular complexity index is 417. The van der Waals surface area contributed by atoms with Gasteiger partial charge in [0.25, 0.3) is 0 Å². The van der Waals surface area contributed by atoms with Crippen molar-refractivity contribution in [2.45, 2.75) is 39.3 Å². The molecule has 1 rings (SSSR count). The van der Waals surface area contributed by atoms with Gasteiger partial charge in [0.05, 0.1) is 0 Å². The zero-order valence-corrected chi connectivity index (χ0v) is 11.5. The smallest absolute Gasteiger partial charge is 0.314 e. The van der Waals surface area contributed by atoms with Gasteiger partial charge in [-0.2, -0.15) is 0 Å². The van der Waals surface area contributed by atoms with E-state index in [0.29, 0.717) is 12.3 Å². The van der Waals surface area contributed by atoms with Crippen molar-refractivity contribution in [3.63, 3.8) is 0 Å². The fourth-order valence-electron chi connectivity index (χ4n) is 1.96. The SMILES string of the molecule is CC(=O)CC(=O)OC(N)CC(C)Cc1ccccc1. The lowest BCUT2D eigenvalue weighted by Gasteiger charge is -2.17. The monoisotopic (exact) mass is 263 g/mol. The van der Waals surface area contributed by atoms with Gasteiger partial charge < -0.3 is 4.74 Å². The maximum Gasteiger partial charge on any atom is 0.314 e. The minimum absolute atomic E-state index is 0.208. The second-order valence-corrected chi connectivity index (χ2v) is 4.94. The topological polar surface area (TPSA) is 69.4 Å². The minimum atomic E-state index is -0.648. The summed E-state index contributed by atoms with van der Waals surface area (Å²) in [5.74, 6) is -0.455. The van der Waals surface area contributed by atoms with E-state index in [-0.39, 0.29) is 12.2 Å². The first-order chi connectivity index (χ1) is 8.97. The van der Waals surface area contributed by atoms with Crippen LogP contribution in [0.4, 0.5) is 0 Å². The van der Waals surface area contributed by atoms with Crippen LogP contribution < -0.4 is 5.73 Å². The largest absolute Gasteiger partial charge is 0.446 e. The zero-order valence-electron chi connectivity index (χ0n) is 11.5. The van der Waals surface area contributed by atoms with Crippen LogP contribution in [-0.4, -0.2) is 18.0 Å². The number of rotatable bonds is 7. The van der Waals surface area contributed by atoms with Gasteiger partial charge in [0.1, 0.15) is 12.2 Å². The van der Waals surface area contributed by atoms with Gasteiger partial charge in [0.2, 0.25) is 0 Å². The van der Waals surface area contributed by atoms with Crippen LogP contribution in [0.15, 0.2) is 30.3 Å². The Balaban J connectivity index is 2.33. The molecule has 0 radical (unpaired) electrons. The normalized spacial score (nSPS) is 13.6. The van der Waals surface area contributed by atoms with E-state index in [2.05, 4.69) is 19.1 Å². The lowest BCUT2D eigenvalue weighted by molar-refractivity contribution is -0.151. The van der Waals surface area contributed by atoms with Crippen molar-refractivity contribution in [2.75, 3.05) is 0 Å². The Morgan fingerprint density at radius 3 is 2.47 bits per heavy atom. The third-order valence-electron chi connectivity index (χ3n) is 2.74. The molecule has 0 fully saturated rings. The number of nitrogens with two attached hydrogens (primary N) is 1. The van der Waals surface area contributed by atoms with Crippen LogP contribution in [0.25, 0.3) is 0 Å². The van der Waals surface area contributed by atoms with Crippen LogP contribution in [0.2, 0.25) is 0 Å². The van der Waals surface area contributed by atoms with Crippen molar-refractivity contribution in [2.24, 2.45) is 11.7 Å². The van der Waals surface area contributed by atoms with E-state index in [1.807, 2.05) is 18.2 Å². The summed E-state index contributed by atoms with van der Waals surface area (Å²) < 4.78 is 4.99. The number of hydrogen-bond acceptors (Lipinski definition) is 4.